The summed E-state index contributed by atoms with van der Waals surface area (Å²) in [6.07, 6.45) is -0.658. The van der Waals surface area contributed by atoms with Crippen LogP contribution in [0.25, 0.3) is 0 Å². The molecule has 0 aliphatic rings. The lowest BCUT2D eigenvalue weighted by molar-refractivity contribution is -0.127. The highest BCUT2D eigenvalue weighted by Gasteiger charge is 2.16. The second kappa shape index (κ2) is 9.24. The summed E-state index contributed by atoms with van der Waals surface area (Å²) >= 11 is 3.35. The van der Waals surface area contributed by atoms with E-state index >= 15 is 0 Å². The molecule has 0 radical (unpaired) electrons. The van der Waals surface area contributed by atoms with Crippen LogP contribution in [0, 0.1) is 0 Å². The van der Waals surface area contributed by atoms with Gasteiger partial charge in [0.2, 0.25) is 0 Å². The fraction of sp³-hybridized carbons (Fsp3) is 0.263. The summed E-state index contributed by atoms with van der Waals surface area (Å²) in [4.78, 5) is 24.0. The number of nitrogens with one attached hydrogen (secondary N) is 1. The second-order valence-electron chi connectivity index (χ2n) is 5.46. The van der Waals surface area contributed by atoms with E-state index in [1.54, 1.807) is 37.3 Å². The van der Waals surface area contributed by atoms with Gasteiger partial charge in [-0.1, -0.05) is 22.0 Å². The zero-order valence-electron chi connectivity index (χ0n) is 14.7. The third-order valence-corrected chi connectivity index (χ3v) is 4.16. The Morgan fingerprint density at radius 1 is 1.12 bits per heavy atom. The Hall–Kier alpha value is -2.54. The van der Waals surface area contributed by atoms with Crippen molar-refractivity contribution in [2.24, 2.45) is 0 Å². The molecule has 6 nitrogen and oxygen atoms in total. The van der Waals surface area contributed by atoms with Crippen molar-refractivity contribution in [1.29, 1.82) is 0 Å². The van der Waals surface area contributed by atoms with Crippen molar-refractivity contribution in [3.8, 4) is 11.5 Å². The van der Waals surface area contributed by atoms with Gasteiger partial charge in [0.15, 0.2) is 6.10 Å². The van der Waals surface area contributed by atoms with Gasteiger partial charge in [0.25, 0.3) is 5.91 Å². The van der Waals surface area contributed by atoms with Crippen LogP contribution in [0.3, 0.4) is 0 Å². The Balaban J connectivity index is 1.97. The van der Waals surface area contributed by atoms with Gasteiger partial charge >= 0.3 is 5.97 Å². The third kappa shape index (κ3) is 5.23. The van der Waals surface area contributed by atoms with E-state index in [4.69, 9.17) is 14.2 Å². The van der Waals surface area contributed by atoms with E-state index in [2.05, 4.69) is 21.2 Å². The minimum Gasteiger partial charge on any atom is -0.496 e. The van der Waals surface area contributed by atoms with E-state index in [-0.39, 0.29) is 12.5 Å². The molecule has 1 N–H and O–H groups in total. The summed E-state index contributed by atoms with van der Waals surface area (Å²) < 4.78 is 16.4. The topological polar surface area (TPSA) is 73.9 Å². The maximum absolute atomic E-state index is 12.2. The van der Waals surface area contributed by atoms with Gasteiger partial charge in [0.1, 0.15) is 17.1 Å². The SMILES string of the molecule is COC(=O)c1cc(CNC(=O)[C@H](C)Oc2ccc(Br)cc2)ccc1OC. The Kier molecular flexibility index (Phi) is 7.03. The average molecular weight is 422 g/mol. The minimum absolute atomic E-state index is 0.251. The van der Waals surface area contributed by atoms with Crippen LogP contribution in [0.5, 0.6) is 11.5 Å². The largest absolute Gasteiger partial charge is 0.496 e. The minimum atomic E-state index is -0.658. The first-order valence-corrected chi connectivity index (χ1v) is 8.69. The molecular weight excluding hydrogens is 402 g/mol. The molecule has 1 atom stereocenters. The van der Waals surface area contributed by atoms with Crippen LogP contribution in [0.15, 0.2) is 46.9 Å². The Morgan fingerprint density at radius 2 is 1.81 bits per heavy atom. The summed E-state index contributed by atoms with van der Waals surface area (Å²) in [6.45, 7) is 1.92. The molecule has 138 valence electrons. The molecule has 0 spiro atoms. The van der Waals surface area contributed by atoms with Crippen molar-refractivity contribution < 1.29 is 23.8 Å². The van der Waals surface area contributed by atoms with Gasteiger partial charge in [-0.2, -0.15) is 0 Å². The number of carbonyl (C=O) groups excluding carboxylic acids is 2. The number of esters is 1. The van der Waals surface area contributed by atoms with E-state index in [0.717, 1.165) is 10.0 Å². The summed E-state index contributed by atoms with van der Waals surface area (Å²) in [5, 5.41) is 2.79. The van der Waals surface area contributed by atoms with Crippen LogP contribution in [0.2, 0.25) is 0 Å². The number of ether oxygens (including phenoxy) is 3. The van der Waals surface area contributed by atoms with E-state index in [0.29, 0.717) is 17.1 Å². The second-order valence-corrected chi connectivity index (χ2v) is 6.37. The Labute approximate surface area is 160 Å². The van der Waals surface area contributed by atoms with Crippen molar-refractivity contribution in [3.05, 3.63) is 58.1 Å². The number of rotatable bonds is 7. The van der Waals surface area contributed by atoms with Crippen LogP contribution in [0.1, 0.15) is 22.8 Å². The standard InChI is InChI=1S/C19H20BrNO5/c1-12(26-15-7-5-14(20)6-8-15)18(22)21-11-13-4-9-17(24-2)16(10-13)19(23)25-3/h4-10,12H,11H2,1-3H3,(H,21,22)/t12-/m0/s1. The van der Waals surface area contributed by atoms with E-state index in [1.807, 2.05) is 12.1 Å². The fourth-order valence-electron chi connectivity index (χ4n) is 2.24. The molecule has 0 saturated carbocycles. The molecule has 0 aliphatic carbocycles. The van der Waals surface area contributed by atoms with E-state index < -0.39 is 12.1 Å². The average Bonchev–Trinajstić information content (AvgIpc) is 2.66. The molecule has 0 aromatic heterocycles. The van der Waals surface area contributed by atoms with Crippen LogP contribution >= 0.6 is 15.9 Å². The van der Waals surface area contributed by atoms with Gasteiger partial charge in [-0.3, -0.25) is 4.79 Å². The van der Waals surface area contributed by atoms with Crippen molar-refractivity contribution in [3.63, 3.8) is 0 Å². The number of amides is 1. The molecule has 26 heavy (non-hydrogen) atoms. The van der Waals surface area contributed by atoms with E-state index in [1.165, 1.54) is 14.2 Å². The fourth-order valence-corrected chi connectivity index (χ4v) is 2.50. The predicted octanol–water partition coefficient (Wildman–Crippen LogP) is 3.33. The first-order valence-electron chi connectivity index (χ1n) is 7.89. The van der Waals surface area contributed by atoms with Gasteiger partial charge in [-0.25, -0.2) is 4.79 Å². The smallest absolute Gasteiger partial charge is 0.341 e. The zero-order valence-corrected chi connectivity index (χ0v) is 16.3. The quantitative estimate of drug-likeness (QED) is 0.693. The third-order valence-electron chi connectivity index (χ3n) is 3.63. The monoisotopic (exact) mass is 421 g/mol. The number of halogens is 1. The molecule has 2 rings (SSSR count). The first kappa shape index (κ1) is 19.8. The normalized spacial score (nSPS) is 11.4. The van der Waals surface area contributed by atoms with Crippen LogP contribution < -0.4 is 14.8 Å². The lowest BCUT2D eigenvalue weighted by atomic mass is 10.1. The van der Waals surface area contributed by atoms with Gasteiger partial charge in [-0.15, -0.1) is 0 Å². The molecule has 0 heterocycles. The first-order chi connectivity index (χ1) is 12.4. The molecule has 2 aromatic rings. The highest BCUT2D eigenvalue weighted by atomic mass is 79.9. The maximum Gasteiger partial charge on any atom is 0.341 e. The number of benzene rings is 2. The summed E-state index contributed by atoms with van der Waals surface area (Å²) in [7, 11) is 2.78. The molecule has 0 bridgehead atoms. The van der Waals surface area contributed by atoms with Crippen LogP contribution in [-0.4, -0.2) is 32.2 Å². The molecule has 0 aliphatic heterocycles. The van der Waals surface area contributed by atoms with Crippen molar-refractivity contribution in [1.82, 2.24) is 5.32 Å². The molecule has 1 amide bonds. The van der Waals surface area contributed by atoms with Crippen LogP contribution in [0.4, 0.5) is 0 Å². The number of carbonyl (C=O) groups is 2. The number of hydrogen-bond donors (Lipinski definition) is 1. The highest BCUT2D eigenvalue weighted by molar-refractivity contribution is 9.10. The maximum atomic E-state index is 12.2. The molecule has 0 unspecified atom stereocenters. The Bertz CT molecular complexity index is 776. The molecule has 2 aromatic carbocycles. The van der Waals surface area contributed by atoms with Crippen molar-refractivity contribution in [2.45, 2.75) is 19.6 Å². The summed E-state index contributed by atoms with van der Waals surface area (Å²) in [5.41, 5.74) is 1.05. The lowest BCUT2D eigenvalue weighted by Gasteiger charge is -2.15. The Morgan fingerprint density at radius 3 is 2.42 bits per heavy atom. The molecular formula is C19H20BrNO5. The van der Waals surface area contributed by atoms with Crippen LogP contribution in [-0.2, 0) is 16.1 Å². The summed E-state index contributed by atoms with van der Waals surface area (Å²) in [5.74, 6) is 0.262. The molecule has 0 fully saturated rings. The van der Waals surface area contributed by atoms with Crippen molar-refractivity contribution >= 4 is 27.8 Å². The van der Waals surface area contributed by atoms with Crippen molar-refractivity contribution in [2.75, 3.05) is 14.2 Å². The van der Waals surface area contributed by atoms with Gasteiger partial charge in [0, 0.05) is 11.0 Å². The number of hydrogen-bond acceptors (Lipinski definition) is 5. The van der Waals surface area contributed by atoms with E-state index in [9.17, 15) is 9.59 Å². The predicted molar refractivity (Wildman–Crippen MR) is 100 cm³/mol. The van der Waals surface area contributed by atoms with Gasteiger partial charge in [-0.05, 0) is 48.9 Å². The lowest BCUT2D eigenvalue weighted by Crippen LogP contribution is -2.35. The van der Waals surface area contributed by atoms with Gasteiger partial charge in [0.05, 0.1) is 14.2 Å². The number of methoxy groups -OCH3 is 2. The highest BCUT2D eigenvalue weighted by Crippen LogP contribution is 2.21. The van der Waals surface area contributed by atoms with Gasteiger partial charge < -0.3 is 19.5 Å². The summed E-state index contributed by atoms with van der Waals surface area (Å²) in [6, 6.07) is 12.3. The molecule has 7 heteroatoms. The zero-order chi connectivity index (χ0) is 19.1. The molecule has 0 saturated heterocycles.